The second kappa shape index (κ2) is 20.4. The maximum atomic E-state index is 13.7. The largest absolute Gasteiger partial charge is 0.391 e. The molecule has 0 radical (unpaired) electrons. The first-order valence-corrected chi connectivity index (χ1v) is 17.3. The minimum absolute atomic E-state index is 0.0238. The van der Waals surface area contributed by atoms with Gasteiger partial charge in [-0.1, -0.05) is 32.0 Å². The predicted octanol–water partition coefficient (Wildman–Crippen LogP) is -1.25. The summed E-state index contributed by atoms with van der Waals surface area (Å²) in [4.78, 5) is 80.5. The molecule has 16 nitrogen and oxygen atoms in total. The van der Waals surface area contributed by atoms with Crippen LogP contribution in [0.25, 0.3) is 10.9 Å². The SMILES string of the molecule is COCNC(Cc1c[nH]c2ccccc12)C(=O)NC(CC(C)C)C(=O)NC(CCSC)C(=O)NC(CC(N)=O)C(=O)NC(C(N)=O)C(C)O. The average Bonchev–Trinajstić information content (AvgIpc) is 3.44. The average molecular weight is 707 g/mol. The van der Waals surface area contributed by atoms with Crippen LogP contribution in [0, 0.1) is 5.92 Å². The second-order valence-electron chi connectivity index (χ2n) is 12.1. The number of aromatic amines is 1. The number of nitrogens with two attached hydrogens (primary N) is 2. The molecule has 1 aromatic heterocycles. The Labute approximate surface area is 290 Å². The summed E-state index contributed by atoms with van der Waals surface area (Å²) < 4.78 is 5.16. The monoisotopic (exact) mass is 706 g/mol. The van der Waals surface area contributed by atoms with E-state index in [1.807, 2.05) is 50.6 Å². The summed E-state index contributed by atoms with van der Waals surface area (Å²) in [5.74, 6) is -4.41. The molecule has 0 aliphatic carbocycles. The van der Waals surface area contributed by atoms with Gasteiger partial charge in [0.1, 0.15) is 24.2 Å². The summed E-state index contributed by atoms with van der Waals surface area (Å²) in [5, 5.41) is 24.0. The Morgan fingerprint density at radius 1 is 0.878 bits per heavy atom. The maximum Gasteiger partial charge on any atom is 0.243 e. The van der Waals surface area contributed by atoms with E-state index in [-0.39, 0.29) is 25.5 Å². The minimum Gasteiger partial charge on any atom is -0.391 e. The fraction of sp³-hybridized carbons (Fsp3) is 0.562. The van der Waals surface area contributed by atoms with E-state index >= 15 is 0 Å². The molecule has 6 amide bonds. The molecule has 11 N–H and O–H groups in total. The number of hydrogen-bond donors (Lipinski definition) is 9. The number of ether oxygens (including phenoxy) is 1. The Morgan fingerprint density at radius 3 is 2.06 bits per heavy atom. The summed E-state index contributed by atoms with van der Waals surface area (Å²) in [6, 6.07) is 1.68. The number of aliphatic hydroxyl groups excluding tert-OH is 1. The van der Waals surface area contributed by atoms with Crippen molar-refractivity contribution in [2.24, 2.45) is 17.4 Å². The molecular formula is C32H50N8O8S. The number of amides is 6. The van der Waals surface area contributed by atoms with Crippen molar-refractivity contribution in [1.82, 2.24) is 31.6 Å². The van der Waals surface area contributed by atoms with E-state index in [2.05, 4.69) is 31.6 Å². The molecule has 0 saturated heterocycles. The molecule has 6 unspecified atom stereocenters. The lowest BCUT2D eigenvalue weighted by Crippen LogP contribution is -2.60. The normalized spacial score (nSPS) is 15.0. The van der Waals surface area contributed by atoms with Crippen molar-refractivity contribution in [3.8, 4) is 0 Å². The Kier molecular flexibility index (Phi) is 17.0. The van der Waals surface area contributed by atoms with Crippen LogP contribution < -0.4 is 38.1 Å². The number of H-pyrrole nitrogens is 1. The van der Waals surface area contributed by atoms with Gasteiger partial charge in [0.05, 0.1) is 25.3 Å². The van der Waals surface area contributed by atoms with E-state index in [1.165, 1.54) is 25.8 Å². The molecule has 0 aliphatic heterocycles. The van der Waals surface area contributed by atoms with Gasteiger partial charge in [-0.05, 0) is 55.7 Å². The molecule has 1 heterocycles. The van der Waals surface area contributed by atoms with Crippen LogP contribution in [0.4, 0.5) is 0 Å². The standard InChI is InChI=1S/C32H50N8O8S/c1-17(2)12-24(38-30(45)23(36-16-48-4)13-19-15-35-21-9-7-6-8-20(19)21)31(46)37-22(10-11-49-5)29(44)39-25(14-26(33)42)32(47)40-27(18(3)41)28(34)43/h6-9,15,17-18,22-25,27,35-36,41H,10-14,16H2,1-5H3,(H2,33,42)(H2,34,43)(H,37,46)(H,38,45)(H,39,44)(H,40,47). The van der Waals surface area contributed by atoms with E-state index in [1.54, 1.807) is 0 Å². The number of carbonyl (C=O) groups excluding carboxylic acids is 6. The first-order chi connectivity index (χ1) is 23.2. The van der Waals surface area contributed by atoms with E-state index in [0.29, 0.717) is 12.2 Å². The highest BCUT2D eigenvalue weighted by Gasteiger charge is 2.33. The van der Waals surface area contributed by atoms with Crippen LogP contribution in [0.5, 0.6) is 0 Å². The lowest BCUT2D eigenvalue weighted by Gasteiger charge is -2.27. The fourth-order valence-electron chi connectivity index (χ4n) is 5.08. The fourth-order valence-corrected chi connectivity index (χ4v) is 5.55. The number of para-hydroxylation sites is 1. The highest BCUT2D eigenvalue weighted by Crippen LogP contribution is 2.19. The molecule has 6 atom stereocenters. The smallest absolute Gasteiger partial charge is 0.243 e. The third-order valence-electron chi connectivity index (χ3n) is 7.60. The molecule has 0 spiro atoms. The van der Waals surface area contributed by atoms with Crippen LogP contribution in [0.2, 0.25) is 0 Å². The zero-order valence-electron chi connectivity index (χ0n) is 28.5. The van der Waals surface area contributed by atoms with E-state index in [9.17, 15) is 33.9 Å². The molecule has 0 saturated carbocycles. The first-order valence-electron chi connectivity index (χ1n) is 15.9. The number of methoxy groups -OCH3 is 1. The highest BCUT2D eigenvalue weighted by molar-refractivity contribution is 7.98. The van der Waals surface area contributed by atoms with E-state index in [4.69, 9.17) is 16.2 Å². The second-order valence-corrected chi connectivity index (χ2v) is 13.1. The number of aromatic nitrogens is 1. The zero-order valence-corrected chi connectivity index (χ0v) is 29.4. The number of thioether (sulfide) groups is 1. The lowest BCUT2D eigenvalue weighted by atomic mass is 10.0. The number of fused-ring (bicyclic) bond motifs is 1. The molecule has 0 bridgehead atoms. The van der Waals surface area contributed by atoms with Crippen molar-refractivity contribution in [1.29, 1.82) is 0 Å². The number of primary amides is 2. The Balaban J connectivity index is 2.27. The van der Waals surface area contributed by atoms with Crippen LogP contribution >= 0.6 is 11.8 Å². The van der Waals surface area contributed by atoms with Crippen LogP contribution in [0.15, 0.2) is 30.5 Å². The molecule has 2 aromatic rings. The molecule has 272 valence electrons. The number of aliphatic hydroxyl groups is 1. The van der Waals surface area contributed by atoms with Gasteiger partial charge in [-0.25, -0.2) is 0 Å². The van der Waals surface area contributed by atoms with Crippen LogP contribution in [0.1, 0.15) is 45.6 Å². The number of hydrogen-bond acceptors (Lipinski definition) is 10. The minimum atomic E-state index is -1.54. The quantitative estimate of drug-likeness (QED) is 0.0658. The van der Waals surface area contributed by atoms with Crippen molar-refractivity contribution in [2.45, 2.75) is 82.8 Å². The summed E-state index contributed by atoms with van der Waals surface area (Å²) in [5.41, 5.74) is 12.4. The van der Waals surface area contributed by atoms with Gasteiger partial charge in [0.2, 0.25) is 35.4 Å². The third kappa shape index (κ3) is 13.3. The van der Waals surface area contributed by atoms with Gasteiger partial charge in [-0.15, -0.1) is 0 Å². The lowest BCUT2D eigenvalue weighted by molar-refractivity contribution is -0.136. The Bertz CT molecular complexity index is 1430. The van der Waals surface area contributed by atoms with Gasteiger partial charge in [-0.3, -0.25) is 34.1 Å². The molecule has 17 heteroatoms. The van der Waals surface area contributed by atoms with E-state index in [0.717, 1.165) is 16.5 Å². The van der Waals surface area contributed by atoms with Crippen molar-refractivity contribution < 1.29 is 38.6 Å². The summed E-state index contributed by atoms with van der Waals surface area (Å²) >= 11 is 1.41. The zero-order chi connectivity index (χ0) is 36.7. The van der Waals surface area contributed by atoms with Gasteiger partial charge >= 0.3 is 0 Å². The van der Waals surface area contributed by atoms with Crippen molar-refractivity contribution in [3.63, 3.8) is 0 Å². The third-order valence-corrected chi connectivity index (χ3v) is 8.24. The van der Waals surface area contributed by atoms with Crippen molar-refractivity contribution >= 4 is 58.1 Å². The van der Waals surface area contributed by atoms with Gasteiger partial charge in [0.15, 0.2) is 0 Å². The number of benzene rings is 1. The number of nitrogens with one attached hydrogen (secondary N) is 6. The topological polar surface area (TPSA) is 260 Å². The number of rotatable bonds is 22. The molecular weight excluding hydrogens is 656 g/mol. The Hall–Kier alpha value is -4.19. The highest BCUT2D eigenvalue weighted by atomic mass is 32.2. The molecule has 49 heavy (non-hydrogen) atoms. The van der Waals surface area contributed by atoms with Gasteiger partial charge < -0.3 is 47.6 Å². The van der Waals surface area contributed by atoms with Crippen LogP contribution in [-0.4, -0.2) is 108 Å². The Morgan fingerprint density at radius 2 is 1.47 bits per heavy atom. The first kappa shape index (κ1) is 41.0. The number of carbonyl (C=O) groups is 6. The van der Waals surface area contributed by atoms with Crippen molar-refractivity contribution in [2.75, 3.05) is 25.8 Å². The molecule has 0 fully saturated rings. The van der Waals surface area contributed by atoms with Crippen LogP contribution in [-0.2, 0) is 39.9 Å². The molecule has 0 aliphatic rings. The van der Waals surface area contributed by atoms with Gasteiger partial charge in [-0.2, -0.15) is 11.8 Å². The molecule has 2 rings (SSSR count). The summed E-state index contributed by atoms with van der Waals surface area (Å²) in [6.07, 6.45) is 2.33. The van der Waals surface area contributed by atoms with Gasteiger partial charge in [0, 0.05) is 24.2 Å². The predicted molar refractivity (Wildman–Crippen MR) is 186 cm³/mol. The van der Waals surface area contributed by atoms with E-state index < -0.39 is 78.2 Å². The van der Waals surface area contributed by atoms with Gasteiger partial charge in [0.25, 0.3) is 0 Å². The van der Waals surface area contributed by atoms with Crippen molar-refractivity contribution in [3.05, 3.63) is 36.0 Å². The maximum absolute atomic E-state index is 13.7. The summed E-state index contributed by atoms with van der Waals surface area (Å²) in [7, 11) is 1.49. The summed E-state index contributed by atoms with van der Waals surface area (Å²) in [6.45, 7) is 5.08. The molecule has 1 aromatic carbocycles. The van der Waals surface area contributed by atoms with Crippen LogP contribution in [0.3, 0.4) is 0 Å².